The number of carbonyl (C=O) groups is 1. The van der Waals surface area contributed by atoms with Gasteiger partial charge in [-0.25, -0.2) is 4.68 Å². The average Bonchev–Trinajstić information content (AvgIpc) is 3.52. The van der Waals surface area contributed by atoms with Gasteiger partial charge in [0.1, 0.15) is 5.75 Å². The van der Waals surface area contributed by atoms with Gasteiger partial charge in [-0.3, -0.25) is 9.89 Å². The number of anilines is 3. The van der Waals surface area contributed by atoms with Crippen LogP contribution < -0.4 is 20.1 Å². The zero-order valence-electron chi connectivity index (χ0n) is 18.3. The number of benzene rings is 2. The monoisotopic (exact) mass is 434 g/mol. The maximum Gasteiger partial charge on any atom is 0.227 e. The van der Waals surface area contributed by atoms with E-state index in [1.807, 2.05) is 55.6 Å². The summed E-state index contributed by atoms with van der Waals surface area (Å²) in [6.45, 7) is 0. The van der Waals surface area contributed by atoms with Crippen molar-refractivity contribution in [2.45, 2.75) is 12.8 Å². The molecule has 0 radical (unpaired) electrons. The van der Waals surface area contributed by atoms with E-state index in [-0.39, 0.29) is 11.8 Å². The number of ether oxygens (including phenoxy) is 2. The molecule has 0 bridgehead atoms. The Morgan fingerprint density at radius 1 is 1.09 bits per heavy atom. The molecule has 166 valence electrons. The molecule has 2 heterocycles. The quantitative estimate of drug-likeness (QED) is 0.422. The van der Waals surface area contributed by atoms with Crippen LogP contribution in [0.5, 0.6) is 11.5 Å². The molecular weight excluding hydrogens is 408 g/mol. The summed E-state index contributed by atoms with van der Waals surface area (Å²) < 4.78 is 12.0. The smallest absolute Gasteiger partial charge is 0.227 e. The third-order valence-electron chi connectivity index (χ3n) is 5.14. The Morgan fingerprint density at radius 2 is 1.84 bits per heavy atom. The van der Waals surface area contributed by atoms with Gasteiger partial charge in [0.2, 0.25) is 5.91 Å². The minimum Gasteiger partial charge on any atom is -0.497 e. The van der Waals surface area contributed by atoms with Gasteiger partial charge in [0.05, 0.1) is 25.9 Å². The minimum absolute atomic E-state index is 0.134. The molecular formula is C23H26N6O3. The lowest BCUT2D eigenvalue weighted by atomic mass is 10.2. The maximum absolute atomic E-state index is 11.4. The van der Waals surface area contributed by atoms with E-state index in [1.54, 1.807) is 25.1 Å². The third-order valence-corrected chi connectivity index (χ3v) is 5.14. The number of nitrogens with one attached hydrogen (secondary N) is 3. The zero-order valence-corrected chi connectivity index (χ0v) is 18.3. The lowest BCUT2D eigenvalue weighted by molar-refractivity contribution is -0.117. The molecule has 1 aliphatic carbocycles. The fourth-order valence-electron chi connectivity index (χ4n) is 3.14. The number of amides is 1. The molecule has 2 aromatic heterocycles. The number of rotatable bonds is 6. The second-order valence-electron chi connectivity index (χ2n) is 7.42. The molecule has 1 aliphatic rings. The van der Waals surface area contributed by atoms with Gasteiger partial charge in [0, 0.05) is 24.0 Å². The molecule has 2 aromatic carbocycles. The number of hydrogen-bond acceptors (Lipinski definition) is 6. The van der Waals surface area contributed by atoms with Crippen molar-refractivity contribution in [1.29, 1.82) is 0 Å². The maximum atomic E-state index is 11.4. The van der Waals surface area contributed by atoms with Crippen LogP contribution in [0.1, 0.15) is 12.8 Å². The normalized spacial score (nSPS) is 12.6. The van der Waals surface area contributed by atoms with Gasteiger partial charge in [-0.2, -0.15) is 10.2 Å². The standard InChI is InChI=1S/C12H13N5O.C11H13NO2/c1-17-12(10(18-2)7-13-17)14-11-8-5-3-4-6-9(8)15-16-11;1-14-10-6-4-9(5-7-10)12-11(13)8-2-3-8/h3-7H,1-2H3,(H2,14,15,16);4-8H,2-3H2,1H3,(H,12,13). The van der Waals surface area contributed by atoms with Crippen LogP contribution in [-0.2, 0) is 11.8 Å². The van der Waals surface area contributed by atoms with Gasteiger partial charge < -0.3 is 20.1 Å². The summed E-state index contributed by atoms with van der Waals surface area (Å²) in [5.41, 5.74) is 1.82. The first-order valence-corrected chi connectivity index (χ1v) is 10.3. The molecule has 9 nitrogen and oxygen atoms in total. The number of methoxy groups -OCH3 is 2. The second kappa shape index (κ2) is 9.42. The highest BCUT2D eigenvalue weighted by molar-refractivity contribution is 5.94. The molecule has 1 fully saturated rings. The predicted molar refractivity (Wildman–Crippen MR) is 123 cm³/mol. The molecule has 32 heavy (non-hydrogen) atoms. The summed E-state index contributed by atoms with van der Waals surface area (Å²) in [6.07, 6.45) is 3.72. The zero-order chi connectivity index (χ0) is 22.5. The summed E-state index contributed by atoms with van der Waals surface area (Å²) in [4.78, 5) is 11.4. The Balaban J connectivity index is 0.000000158. The lowest BCUT2D eigenvalue weighted by Gasteiger charge is -2.06. The van der Waals surface area contributed by atoms with Crippen molar-refractivity contribution in [1.82, 2.24) is 20.0 Å². The second-order valence-corrected chi connectivity index (χ2v) is 7.42. The molecule has 3 N–H and O–H groups in total. The summed E-state index contributed by atoms with van der Waals surface area (Å²) in [6, 6.07) is 15.3. The Hall–Kier alpha value is -4.01. The summed E-state index contributed by atoms with van der Waals surface area (Å²) in [5.74, 6) is 3.40. The van der Waals surface area contributed by atoms with E-state index in [0.717, 1.165) is 46.8 Å². The van der Waals surface area contributed by atoms with Crippen LogP contribution in [-0.4, -0.2) is 40.1 Å². The van der Waals surface area contributed by atoms with E-state index >= 15 is 0 Å². The fourth-order valence-corrected chi connectivity index (χ4v) is 3.14. The number of para-hydroxylation sites is 1. The summed E-state index contributed by atoms with van der Waals surface area (Å²) in [7, 11) is 5.09. The van der Waals surface area contributed by atoms with Crippen molar-refractivity contribution >= 4 is 34.1 Å². The van der Waals surface area contributed by atoms with Gasteiger partial charge in [-0.1, -0.05) is 12.1 Å². The first kappa shape index (κ1) is 21.2. The van der Waals surface area contributed by atoms with Crippen LogP contribution >= 0.6 is 0 Å². The molecule has 5 rings (SSSR count). The number of nitrogens with zero attached hydrogens (tertiary/aromatic N) is 3. The van der Waals surface area contributed by atoms with E-state index < -0.39 is 0 Å². The Morgan fingerprint density at radius 3 is 2.53 bits per heavy atom. The highest BCUT2D eigenvalue weighted by atomic mass is 16.5. The van der Waals surface area contributed by atoms with Crippen molar-refractivity contribution < 1.29 is 14.3 Å². The number of aromatic amines is 1. The first-order chi connectivity index (χ1) is 15.6. The van der Waals surface area contributed by atoms with Gasteiger partial charge in [-0.05, 0) is 49.2 Å². The minimum atomic E-state index is 0.134. The average molecular weight is 435 g/mol. The molecule has 9 heteroatoms. The topological polar surface area (TPSA) is 106 Å². The number of H-pyrrole nitrogens is 1. The van der Waals surface area contributed by atoms with Crippen LogP contribution in [0.4, 0.5) is 17.3 Å². The number of aromatic nitrogens is 4. The molecule has 0 unspecified atom stereocenters. The van der Waals surface area contributed by atoms with Crippen molar-refractivity contribution in [3.8, 4) is 11.5 Å². The van der Waals surface area contributed by atoms with Crippen LogP contribution in [0.25, 0.3) is 10.9 Å². The fraction of sp³-hybridized carbons (Fsp3) is 0.261. The van der Waals surface area contributed by atoms with E-state index in [4.69, 9.17) is 9.47 Å². The molecule has 1 amide bonds. The highest BCUT2D eigenvalue weighted by Crippen LogP contribution is 2.30. The molecule has 0 aliphatic heterocycles. The first-order valence-electron chi connectivity index (χ1n) is 10.3. The molecule has 0 spiro atoms. The molecule has 1 saturated carbocycles. The molecule has 0 atom stereocenters. The largest absolute Gasteiger partial charge is 0.497 e. The number of fused-ring (bicyclic) bond motifs is 1. The van der Waals surface area contributed by atoms with Crippen LogP contribution in [0.15, 0.2) is 54.7 Å². The predicted octanol–water partition coefficient (Wildman–Crippen LogP) is 4.09. The van der Waals surface area contributed by atoms with Crippen molar-refractivity contribution in [3.05, 3.63) is 54.7 Å². The van der Waals surface area contributed by atoms with Gasteiger partial charge in [-0.15, -0.1) is 0 Å². The number of hydrogen-bond donors (Lipinski definition) is 3. The van der Waals surface area contributed by atoms with Crippen molar-refractivity contribution in [2.24, 2.45) is 13.0 Å². The van der Waals surface area contributed by atoms with Gasteiger partial charge >= 0.3 is 0 Å². The third kappa shape index (κ3) is 4.83. The molecule has 0 saturated heterocycles. The van der Waals surface area contributed by atoms with Crippen molar-refractivity contribution in [2.75, 3.05) is 24.9 Å². The van der Waals surface area contributed by atoms with E-state index in [0.29, 0.717) is 5.75 Å². The van der Waals surface area contributed by atoms with Gasteiger partial charge in [0.25, 0.3) is 0 Å². The molecule has 4 aromatic rings. The van der Waals surface area contributed by atoms with E-state index in [1.165, 1.54) is 0 Å². The highest BCUT2D eigenvalue weighted by Gasteiger charge is 2.29. The lowest BCUT2D eigenvalue weighted by Crippen LogP contribution is -2.12. The Labute approximate surface area is 185 Å². The summed E-state index contributed by atoms with van der Waals surface area (Å²) in [5, 5.41) is 18.5. The van der Waals surface area contributed by atoms with E-state index in [9.17, 15) is 4.79 Å². The van der Waals surface area contributed by atoms with Crippen LogP contribution in [0.2, 0.25) is 0 Å². The summed E-state index contributed by atoms with van der Waals surface area (Å²) >= 11 is 0. The Kier molecular flexibility index (Phi) is 6.25. The van der Waals surface area contributed by atoms with Gasteiger partial charge in [0.15, 0.2) is 17.4 Å². The Bertz CT molecular complexity index is 1190. The SMILES string of the molecule is COc1ccc(NC(=O)C2CC2)cc1.COc1cnn(C)c1Nc1n[nH]c2ccccc12. The number of carbonyl (C=O) groups excluding carboxylic acids is 1. The van der Waals surface area contributed by atoms with Crippen LogP contribution in [0, 0.1) is 5.92 Å². The number of aryl methyl sites for hydroxylation is 1. The van der Waals surface area contributed by atoms with Crippen LogP contribution in [0.3, 0.4) is 0 Å². The van der Waals surface area contributed by atoms with Crippen molar-refractivity contribution in [3.63, 3.8) is 0 Å². The van der Waals surface area contributed by atoms with E-state index in [2.05, 4.69) is 25.9 Å².